The number of carbonyl (C=O) groups is 1. The van der Waals surface area contributed by atoms with E-state index in [1.54, 1.807) is 24.4 Å². The van der Waals surface area contributed by atoms with E-state index in [2.05, 4.69) is 15.3 Å². The van der Waals surface area contributed by atoms with Gasteiger partial charge >= 0.3 is 5.97 Å². The van der Waals surface area contributed by atoms with Gasteiger partial charge in [-0.1, -0.05) is 0 Å². The number of anilines is 1. The number of pyridine rings is 1. The van der Waals surface area contributed by atoms with Gasteiger partial charge in [0, 0.05) is 12.7 Å². The van der Waals surface area contributed by atoms with Gasteiger partial charge in [-0.3, -0.25) is 0 Å². The van der Waals surface area contributed by atoms with E-state index < -0.39 is 5.97 Å². The molecular formula is C15H13N3O4. The quantitative estimate of drug-likeness (QED) is 0.661. The van der Waals surface area contributed by atoms with Crippen molar-refractivity contribution in [3.63, 3.8) is 0 Å². The first-order chi connectivity index (χ1) is 10.7. The third kappa shape index (κ3) is 2.75. The number of fused-ring (bicyclic) bond motifs is 1. The zero-order valence-electron chi connectivity index (χ0n) is 11.5. The van der Waals surface area contributed by atoms with Crippen LogP contribution in [0, 0.1) is 0 Å². The predicted octanol–water partition coefficient (Wildman–Crippen LogP) is 1.99. The van der Waals surface area contributed by atoms with Crippen molar-refractivity contribution in [3.05, 3.63) is 42.1 Å². The second-order valence-electron chi connectivity index (χ2n) is 4.59. The van der Waals surface area contributed by atoms with Crippen molar-refractivity contribution in [2.24, 2.45) is 0 Å². The average Bonchev–Trinajstić information content (AvgIpc) is 2.96. The highest BCUT2D eigenvalue weighted by Gasteiger charge is 2.11. The van der Waals surface area contributed by atoms with Gasteiger partial charge in [0.1, 0.15) is 11.3 Å². The fourth-order valence-corrected chi connectivity index (χ4v) is 1.99. The number of rotatable bonds is 5. The summed E-state index contributed by atoms with van der Waals surface area (Å²) in [6.07, 6.45) is 1.60. The maximum Gasteiger partial charge on any atom is 0.335 e. The molecule has 0 bridgehead atoms. The molecule has 0 saturated heterocycles. The van der Waals surface area contributed by atoms with Crippen LogP contribution in [0.15, 0.2) is 40.9 Å². The Morgan fingerprint density at radius 2 is 2.14 bits per heavy atom. The van der Waals surface area contributed by atoms with Crippen molar-refractivity contribution < 1.29 is 19.4 Å². The van der Waals surface area contributed by atoms with Crippen molar-refractivity contribution in [2.45, 2.75) is 0 Å². The molecule has 2 aromatic heterocycles. The first kappa shape index (κ1) is 14.0. The summed E-state index contributed by atoms with van der Waals surface area (Å²) in [7, 11) is 0. The molecule has 3 N–H and O–H groups in total. The lowest BCUT2D eigenvalue weighted by Crippen LogP contribution is -2.06. The fraction of sp³-hybridized carbons (Fsp3) is 0.133. The number of nitrogens with one attached hydrogen (secondary N) is 1. The smallest absolute Gasteiger partial charge is 0.335 e. The lowest BCUT2D eigenvalue weighted by Gasteiger charge is -2.02. The van der Waals surface area contributed by atoms with Crippen LogP contribution in [0.1, 0.15) is 10.4 Å². The van der Waals surface area contributed by atoms with Gasteiger partial charge in [0.15, 0.2) is 5.58 Å². The van der Waals surface area contributed by atoms with Crippen molar-refractivity contribution in [1.29, 1.82) is 0 Å². The molecule has 0 aliphatic rings. The molecule has 0 unspecified atom stereocenters. The monoisotopic (exact) mass is 299 g/mol. The van der Waals surface area contributed by atoms with E-state index in [0.717, 1.165) is 0 Å². The van der Waals surface area contributed by atoms with E-state index in [9.17, 15) is 4.79 Å². The van der Waals surface area contributed by atoms with Crippen molar-refractivity contribution in [3.8, 4) is 11.5 Å². The van der Waals surface area contributed by atoms with Crippen LogP contribution < -0.4 is 5.32 Å². The molecule has 0 radical (unpaired) electrons. The number of aromatic nitrogens is 2. The van der Waals surface area contributed by atoms with Crippen LogP contribution in [0.25, 0.3) is 22.6 Å². The van der Waals surface area contributed by atoms with E-state index in [4.69, 9.17) is 14.6 Å². The maximum absolute atomic E-state index is 11.0. The number of benzene rings is 1. The molecule has 0 amide bonds. The Balaban J connectivity index is 1.91. The molecule has 7 heteroatoms. The zero-order chi connectivity index (χ0) is 15.5. The summed E-state index contributed by atoms with van der Waals surface area (Å²) in [6.45, 7) is 0.452. The highest BCUT2D eigenvalue weighted by atomic mass is 16.4. The van der Waals surface area contributed by atoms with E-state index >= 15 is 0 Å². The predicted molar refractivity (Wildman–Crippen MR) is 79.8 cm³/mol. The first-order valence-corrected chi connectivity index (χ1v) is 6.62. The summed E-state index contributed by atoms with van der Waals surface area (Å²) in [5.74, 6) is 0.00764. The number of aromatic carboxylic acids is 1. The number of aliphatic hydroxyl groups excluding tert-OH is 1. The molecule has 0 aliphatic carbocycles. The summed E-state index contributed by atoms with van der Waals surface area (Å²) in [5.41, 5.74) is 1.84. The SMILES string of the molecule is O=C(O)c1ccc2oc(-c3ccc(NCCO)nc3)nc2c1. The summed E-state index contributed by atoms with van der Waals surface area (Å²) in [4.78, 5) is 19.4. The van der Waals surface area contributed by atoms with Gasteiger partial charge < -0.3 is 19.9 Å². The molecular weight excluding hydrogens is 286 g/mol. The number of carboxylic acid groups (broad SMARTS) is 1. The zero-order valence-corrected chi connectivity index (χ0v) is 11.5. The van der Waals surface area contributed by atoms with Gasteiger partial charge in [-0.05, 0) is 30.3 Å². The van der Waals surface area contributed by atoms with Crippen LogP contribution in [-0.4, -0.2) is 39.3 Å². The van der Waals surface area contributed by atoms with Gasteiger partial charge in [0.2, 0.25) is 5.89 Å². The van der Waals surface area contributed by atoms with Gasteiger partial charge in [-0.15, -0.1) is 0 Å². The second kappa shape index (κ2) is 5.82. The van der Waals surface area contributed by atoms with Crippen LogP contribution in [0.3, 0.4) is 0 Å². The van der Waals surface area contributed by atoms with Crippen LogP contribution in [0.5, 0.6) is 0 Å². The molecule has 1 aromatic carbocycles. The molecule has 3 rings (SSSR count). The lowest BCUT2D eigenvalue weighted by molar-refractivity contribution is 0.0697. The molecule has 0 atom stereocenters. The number of oxazole rings is 1. The molecule has 0 fully saturated rings. The van der Waals surface area contributed by atoms with Crippen LogP contribution >= 0.6 is 0 Å². The Morgan fingerprint density at radius 1 is 1.27 bits per heavy atom. The minimum Gasteiger partial charge on any atom is -0.478 e. The number of nitrogens with zero attached hydrogens (tertiary/aromatic N) is 2. The summed E-state index contributed by atoms with van der Waals surface area (Å²) < 4.78 is 5.61. The van der Waals surface area contributed by atoms with Gasteiger partial charge in [0.05, 0.1) is 17.7 Å². The van der Waals surface area contributed by atoms with E-state index in [-0.39, 0.29) is 12.2 Å². The summed E-state index contributed by atoms with van der Waals surface area (Å²) in [6, 6.07) is 8.06. The van der Waals surface area contributed by atoms with Crippen molar-refractivity contribution >= 4 is 22.9 Å². The molecule has 2 heterocycles. The van der Waals surface area contributed by atoms with Gasteiger partial charge in [0.25, 0.3) is 0 Å². The molecule has 0 aliphatic heterocycles. The van der Waals surface area contributed by atoms with E-state index in [0.29, 0.717) is 34.9 Å². The molecule has 0 saturated carbocycles. The summed E-state index contributed by atoms with van der Waals surface area (Å²) >= 11 is 0. The normalized spacial score (nSPS) is 10.8. The minimum absolute atomic E-state index is 0.0282. The Kier molecular flexibility index (Phi) is 3.71. The van der Waals surface area contributed by atoms with Crippen molar-refractivity contribution in [2.75, 3.05) is 18.5 Å². The third-order valence-corrected chi connectivity index (χ3v) is 3.06. The third-order valence-electron chi connectivity index (χ3n) is 3.06. The van der Waals surface area contributed by atoms with Gasteiger partial charge in [-0.25, -0.2) is 14.8 Å². The van der Waals surface area contributed by atoms with E-state index in [1.165, 1.54) is 12.1 Å². The second-order valence-corrected chi connectivity index (χ2v) is 4.59. The number of hydrogen-bond acceptors (Lipinski definition) is 6. The molecule has 0 spiro atoms. The van der Waals surface area contributed by atoms with E-state index in [1.807, 2.05) is 0 Å². The van der Waals surface area contributed by atoms with Crippen LogP contribution in [0.2, 0.25) is 0 Å². The molecule has 22 heavy (non-hydrogen) atoms. The minimum atomic E-state index is -1.01. The first-order valence-electron chi connectivity index (χ1n) is 6.62. The summed E-state index contributed by atoms with van der Waals surface area (Å²) in [5, 5.41) is 20.7. The fourth-order valence-electron chi connectivity index (χ4n) is 1.99. The van der Waals surface area contributed by atoms with Crippen LogP contribution in [0.4, 0.5) is 5.82 Å². The average molecular weight is 299 g/mol. The van der Waals surface area contributed by atoms with Crippen LogP contribution in [-0.2, 0) is 0 Å². The highest BCUT2D eigenvalue weighted by Crippen LogP contribution is 2.25. The molecule has 3 aromatic rings. The Hall–Kier alpha value is -2.93. The topological polar surface area (TPSA) is 108 Å². The number of aliphatic hydroxyl groups is 1. The molecule has 112 valence electrons. The van der Waals surface area contributed by atoms with Crippen molar-refractivity contribution in [1.82, 2.24) is 9.97 Å². The Morgan fingerprint density at radius 3 is 2.82 bits per heavy atom. The molecule has 7 nitrogen and oxygen atoms in total. The Labute approximate surface area is 125 Å². The number of hydrogen-bond donors (Lipinski definition) is 3. The standard InChI is InChI=1S/C15H13N3O4/c19-6-5-16-13-4-2-10(8-17-13)14-18-11-7-9(15(20)21)1-3-12(11)22-14/h1-4,7-8,19H,5-6H2,(H,16,17)(H,20,21). The lowest BCUT2D eigenvalue weighted by atomic mass is 10.2. The Bertz CT molecular complexity index is 811. The number of carboxylic acids is 1. The largest absolute Gasteiger partial charge is 0.478 e. The maximum atomic E-state index is 11.0. The van der Waals surface area contributed by atoms with Gasteiger partial charge in [-0.2, -0.15) is 0 Å². The highest BCUT2D eigenvalue weighted by molar-refractivity contribution is 5.92.